The number of hydrogen-bond donors (Lipinski definition) is 1. The molecule has 34 heavy (non-hydrogen) atoms. The zero-order valence-corrected chi connectivity index (χ0v) is 20.9. The smallest absolute Gasteiger partial charge is 0.322 e. The highest BCUT2D eigenvalue weighted by Gasteiger charge is 2.35. The van der Waals surface area contributed by atoms with E-state index in [9.17, 15) is 4.79 Å². The summed E-state index contributed by atoms with van der Waals surface area (Å²) in [4.78, 5) is 20.6. The molecular weight excluding hydrogens is 472 g/mol. The second kappa shape index (κ2) is 11.1. The van der Waals surface area contributed by atoms with Crippen LogP contribution in [0, 0.1) is 0 Å². The number of nitrogens with zero attached hydrogens (tertiary/aromatic N) is 3. The molecule has 1 aliphatic rings. The molecule has 0 bridgehead atoms. The van der Waals surface area contributed by atoms with Gasteiger partial charge in [-0.2, -0.15) is 4.98 Å². The zero-order chi connectivity index (χ0) is 24.1. The van der Waals surface area contributed by atoms with Gasteiger partial charge in [0, 0.05) is 40.9 Å². The number of amides is 2. The van der Waals surface area contributed by atoms with E-state index < -0.39 is 6.04 Å². The van der Waals surface area contributed by atoms with E-state index >= 15 is 0 Å². The lowest BCUT2D eigenvalue weighted by molar-refractivity contribution is 0.136. The van der Waals surface area contributed by atoms with Crippen molar-refractivity contribution in [2.45, 2.75) is 31.2 Å². The van der Waals surface area contributed by atoms with Crippen molar-refractivity contribution in [3.63, 3.8) is 0 Å². The van der Waals surface area contributed by atoms with E-state index in [4.69, 9.17) is 20.9 Å². The summed E-state index contributed by atoms with van der Waals surface area (Å²) < 4.78 is 11.2. The van der Waals surface area contributed by atoms with Crippen LogP contribution in [0.2, 0.25) is 5.02 Å². The van der Waals surface area contributed by atoms with Crippen molar-refractivity contribution in [2.24, 2.45) is 0 Å². The van der Waals surface area contributed by atoms with Crippen molar-refractivity contribution >= 4 is 35.0 Å². The Morgan fingerprint density at radius 2 is 1.91 bits per heavy atom. The molecule has 1 aliphatic heterocycles. The van der Waals surface area contributed by atoms with Crippen molar-refractivity contribution in [1.82, 2.24) is 20.4 Å². The number of thioether (sulfide) groups is 1. The second-order valence-electron chi connectivity index (χ2n) is 7.79. The Bertz CT molecular complexity index is 1160. The van der Waals surface area contributed by atoms with Gasteiger partial charge in [0.15, 0.2) is 0 Å². The van der Waals surface area contributed by atoms with Crippen LogP contribution in [-0.4, -0.2) is 47.1 Å². The third-order valence-electron chi connectivity index (χ3n) is 5.68. The molecule has 0 radical (unpaired) electrons. The maximum atomic E-state index is 13.1. The molecule has 0 saturated heterocycles. The fraction of sp³-hybridized carbons (Fsp3) is 0.320. The lowest BCUT2D eigenvalue weighted by atomic mass is 9.94. The predicted molar refractivity (Wildman–Crippen MR) is 135 cm³/mol. The van der Waals surface area contributed by atoms with Crippen LogP contribution in [0.5, 0.6) is 0 Å². The number of carbonyl (C=O) groups is 1. The molecule has 1 atom stereocenters. The molecule has 4 rings (SSSR count). The quantitative estimate of drug-likeness (QED) is 0.286. The molecule has 2 aromatic carbocycles. The molecule has 1 aromatic heterocycles. The molecule has 0 aliphatic carbocycles. The highest BCUT2D eigenvalue weighted by Crippen LogP contribution is 2.37. The normalized spacial score (nSPS) is 16.2. The van der Waals surface area contributed by atoms with Crippen LogP contribution in [0.1, 0.15) is 37.8 Å². The standard InChI is InChI=1S/C25H27ClN4O3S/c1-4-32-15-5-14-30-16(2)21(22(27-25(30)31)17-8-12-20(34-3)13-9-17)24-28-23(29-33-24)18-6-10-19(26)11-7-18/h6-13,22H,4-5,14-15H2,1-3H3,(H,27,31). The van der Waals surface area contributed by atoms with Crippen molar-refractivity contribution in [3.8, 4) is 11.4 Å². The lowest BCUT2D eigenvalue weighted by Crippen LogP contribution is -2.46. The van der Waals surface area contributed by atoms with Gasteiger partial charge in [-0.05, 0) is 68.5 Å². The first-order chi connectivity index (χ1) is 16.5. The van der Waals surface area contributed by atoms with Crippen LogP contribution in [-0.2, 0) is 4.74 Å². The summed E-state index contributed by atoms with van der Waals surface area (Å²) in [5.41, 5.74) is 3.30. The van der Waals surface area contributed by atoms with Crippen LogP contribution in [0.15, 0.2) is 63.6 Å². The molecule has 2 amide bonds. The van der Waals surface area contributed by atoms with Gasteiger partial charge in [-0.15, -0.1) is 11.8 Å². The number of halogens is 1. The van der Waals surface area contributed by atoms with Crippen LogP contribution >= 0.6 is 23.4 Å². The number of aromatic nitrogens is 2. The fourth-order valence-corrected chi connectivity index (χ4v) is 4.43. The SMILES string of the molecule is CCOCCCN1C(=O)NC(c2ccc(SC)cc2)C(c2nc(-c3ccc(Cl)cc3)no2)=C1C. The van der Waals surface area contributed by atoms with Gasteiger partial charge in [-0.3, -0.25) is 4.90 Å². The number of ether oxygens (including phenoxy) is 1. The highest BCUT2D eigenvalue weighted by atomic mass is 35.5. The first kappa shape index (κ1) is 24.3. The van der Waals surface area contributed by atoms with Gasteiger partial charge in [-0.25, -0.2) is 4.79 Å². The summed E-state index contributed by atoms with van der Waals surface area (Å²) in [5.74, 6) is 0.833. The van der Waals surface area contributed by atoms with E-state index in [1.165, 1.54) is 0 Å². The zero-order valence-electron chi connectivity index (χ0n) is 19.4. The Hall–Kier alpha value is -2.81. The van der Waals surface area contributed by atoms with E-state index in [2.05, 4.69) is 15.5 Å². The third-order valence-corrected chi connectivity index (χ3v) is 6.67. The predicted octanol–water partition coefficient (Wildman–Crippen LogP) is 6.04. The van der Waals surface area contributed by atoms with Crippen molar-refractivity contribution in [3.05, 3.63) is 70.7 Å². The summed E-state index contributed by atoms with van der Waals surface area (Å²) >= 11 is 7.69. The van der Waals surface area contributed by atoms with Crippen molar-refractivity contribution < 1.29 is 14.1 Å². The minimum atomic E-state index is -0.412. The minimum absolute atomic E-state index is 0.158. The number of urea groups is 1. The van der Waals surface area contributed by atoms with Gasteiger partial charge < -0.3 is 14.6 Å². The topological polar surface area (TPSA) is 80.5 Å². The van der Waals surface area contributed by atoms with Gasteiger partial charge in [0.05, 0.1) is 11.6 Å². The number of carbonyl (C=O) groups excluding carboxylic acids is 1. The van der Waals surface area contributed by atoms with Crippen LogP contribution < -0.4 is 5.32 Å². The van der Waals surface area contributed by atoms with E-state index in [1.54, 1.807) is 28.8 Å². The van der Waals surface area contributed by atoms with Gasteiger partial charge >= 0.3 is 6.03 Å². The molecule has 3 aromatic rings. The molecule has 0 fully saturated rings. The third kappa shape index (κ3) is 5.29. The molecule has 1 N–H and O–H groups in total. The molecule has 178 valence electrons. The second-order valence-corrected chi connectivity index (χ2v) is 9.10. The highest BCUT2D eigenvalue weighted by molar-refractivity contribution is 7.98. The van der Waals surface area contributed by atoms with Gasteiger partial charge in [-0.1, -0.05) is 28.9 Å². The van der Waals surface area contributed by atoms with Crippen molar-refractivity contribution in [1.29, 1.82) is 0 Å². The summed E-state index contributed by atoms with van der Waals surface area (Å²) in [5, 5.41) is 7.96. The van der Waals surface area contributed by atoms with Crippen LogP contribution in [0.3, 0.4) is 0 Å². The molecule has 0 spiro atoms. The molecule has 7 nitrogen and oxygen atoms in total. The first-order valence-corrected chi connectivity index (χ1v) is 12.7. The summed E-state index contributed by atoms with van der Waals surface area (Å²) in [6, 6.07) is 14.8. The average Bonchev–Trinajstić information content (AvgIpc) is 3.33. The van der Waals surface area contributed by atoms with Crippen LogP contribution in [0.4, 0.5) is 4.79 Å². The maximum absolute atomic E-state index is 13.1. The molecule has 1 unspecified atom stereocenters. The fourth-order valence-electron chi connectivity index (χ4n) is 3.89. The Morgan fingerprint density at radius 3 is 2.59 bits per heavy atom. The number of rotatable bonds is 9. The van der Waals surface area contributed by atoms with Gasteiger partial charge in [0.25, 0.3) is 5.89 Å². The van der Waals surface area contributed by atoms with E-state index in [1.807, 2.05) is 56.5 Å². The Balaban J connectivity index is 1.72. The molecular formula is C25H27ClN4O3S. The Morgan fingerprint density at radius 1 is 1.18 bits per heavy atom. The minimum Gasteiger partial charge on any atom is -0.382 e. The number of hydrogen-bond acceptors (Lipinski definition) is 6. The largest absolute Gasteiger partial charge is 0.382 e. The monoisotopic (exact) mass is 498 g/mol. The molecule has 0 saturated carbocycles. The average molecular weight is 499 g/mol. The Labute approximate surface area is 208 Å². The van der Waals surface area contributed by atoms with Crippen molar-refractivity contribution in [2.75, 3.05) is 26.0 Å². The molecule has 9 heteroatoms. The van der Waals surface area contributed by atoms with Gasteiger partial charge in [0.2, 0.25) is 5.82 Å². The maximum Gasteiger partial charge on any atom is 0.322 e. The first-order valence-electron chi connectivity index (χ1n) is 11.1. The van der Waals surface area contributed by atoms with Crippen LogP contribution in [0.25, 0.3) is 17.0 Å². The summed E-state index contributed by atoms with van der Waals surface area (Å²) in [6.45, 7) is 5.64. The van der Waals surface area contributed by atoms with Gasteiger partial charge in [0.1, 0.15) is 0 Å². The number of allylic oxidation sites excluding steroid dienone is 1. The van der Waals surface area contributed by atoms with E-state index in [0.717, 1.165) is 33.7 Å². The summed E-state index contributed by atoms with van der Waals surface area (Å²) in [7, 11) is 0. The Kier molecular flexibility index (Phi) is 7.92. The number of nitrogens with one attached hydrogen (secondary N) is 1. The van der Waals surface area contributed by atoms with E-state index in [0.29, 0.717) is 36.5 Å². The number of benzene rings is 2. The molecule has 2 heterocycles. The lowest BCUT2D eigenvalue weighted by Gasteiger charge is -2.35. The van der Waals surface area contributed by atoms with E-state index in [-0.39, 0.29) is 6.03 Å². The summed E-state index contributed by atoms with van der Waals surface area (Å²) in [6.07, 6.45) is 2.75.